The van der Waals surface area contributed by atoms with Crippen molar-refractivity contribution in [1.82, 2.24) is 5.32 Å². The molecule has 0 aliphatic carbocycles. The quantitative estimate of drug-likeness (QED) is 0.774. The zero-order chi connectivity index (χ0) is 12.3. The van der Waals surface area contributed by atoms with Gasteiger partial charge < -0.3 is 10.6 Å². The number of amides is 1. The van der Waals surface area contributed by atoms with E-state index in [1.54, 1.807) is 0 Å². The number of hydrogen-bond donors (Lipinski definition) is 2. The van der Waals surface area contributed by atoms with Crippen molar-refractivity contribution in [2.45, 2.75) is 25.8 Å². The van der Waals surface area contributed by atoms with Crippen molar-refractivity contribution in [3.05, 3.63) is 29.3 Å². The van der Waals surface area contributed by atoms with Crippen LogP contribution in [0.15, 0.2) is 18.2 Å². The van der Waals surface area contributed by atoms with Gasteiger partial charge in [0.25, 0.3) is 5.91 Å². The second kappa shape index (κ2) is 4.92. The number of anilines is 1. The first kappa shape index (κ1) is 11.5. The average molecular weight is 228 g/mol. The summed E-state index contributed by atoms with van der Waals surface area (Å²) in [6.45, 7) is 2.86. The molecular formula is C14H16N2O. The Labute approximate surface area is 102 Å². The van der Waals surface area contributed by atoms with Crippen LogP contribution in [0, 0.1) is 12.3 Å². The van der Waals surface area contributed by atoms with Crippen LogP contribution in [-0.4, -0.2) is 18.5 Å². The van der Waals surface area contributed by atoms with Crippen LogP contribution in [0.25, 0.3) is 0 Å². The van der Waals surface area contributed by atoms with E-state index in [1.807, 2.05) is 25.1 Å². The van der Waals surface area contributed by atoms with Gasteiger partial charge in [0.2, 0.25) is 0 Å². The van der Waals surface area contributed by atoms with Gasteiger partial charge in [0, 0.05) is 30.3 Å². The largest absolute Gasteiger partial charge is 0.384 e. The van der Waals surface area contributed by atoms with Gasteiger partial charge in [0.05, 0.1) is 0 Å². The molecule has 0 aromatic heterocycles. The third kappa shape index (κ3) is 2.59. The minimum absolute atomic E-state index is 0.00807. The zero-order valence-electron chi connectivity index (χ0n) is 9.92. The SMILES string of the molecule is C#CCC(C)NC(=O)c1ccc2c(c1)NCC2. The maximum Gasteiger partial charge on any atom is 0.251 e. The number of terminal acetylenes is 1. The number of hydrogen-bond acceptors (Lipinski definition) is 2. The summed E-state index contributed by atoms with van der Waals surface area (Å²) < 4.78 is 0. The zero-order valence-corrected chi connectivity index (χ0v) is 9.92. The predicted molar refractivity (Wildman–Crippen MR) is 69.0 cm³/mol. The van der Waals surface area contributed by atoms with Gasteiger partial charge >= 0.3 is 0 Å². The standard InChI is InChI=1S/C14H16N2O/c1-3-4-10(2)16-14(17)12-6-5-11-7-8-15-13(11)9-12/h1,5-6,9-10,15H,4,7-8H2,2H3,(H,16,17). The Balaban J connectivity index is 2.07. The fourth-order valence-corrected chi connectivity index (χ4v) is 1.97. The van der Waals surface area contributed by atoms with E-state index >= 15 is 0 Å². The molecule has 0 fully saturated rings. The van der Waals surface area contributed by atoms with Crippen LogP contribution in [0.1, 0.15) is 29.3 Å². The molecule has 1 aromatic carbocycles. The lowest BCUT2D eigenvalue weighted by molar-refractivity contribution is 0.0941. The smallest absolute Gasteiger partial charge is 0.251 e. The van der Waals surface area contributed by atoms with Crippen molar-refractivity contribution < 1.29 is 4.79 Å². The number of fused-ring (bicyclic) bond motifs is 1. The summed E-state index contributed by atoms with van der Waals surface area (Å²) in [5.74, 6) is 2.47. The first-order valence-corrected chi connectivity index (χ1v) is 5.82. The Kier molecular flexibility index (Phi) is 3.34. The molecule has 17 heavy (non-hydrogen) atoms. The Hall–Kier alpha value is -1.95. The Morgan fingerprint density at radius 2 is 2.47 bits per heavy atom. The highest BCUT2D eigenvalue weighted by Gasteiger charge is 2.14. The van der Waals surface area contributed by atoms with Crippen LogP contribution in [0.3, 0.4) is 0 Å². The minimum atomic E-state index is -0.0655. The summed E-state index contributed by atoms with van der Waals surface area (Å²) in [7, 11) is 0. The lowest BCUT2D eigenvalue weighted by Gasteiger charge is -2.11. The van der Waals surface area contributed by atoms with Crippen molar-refractivity contribution in [2.75, 3.05) is 11.9 Å². The lowest BCUT2D eigenvalue weighted by Crippen LogP contribution is -2.32. The minimum Gasteiger partial charge on any atom is -0.384 e. The first-order valence-electron chi connectivity index (χ1n) is 5.82. The summed E-state index contributed by atoms with van der Waals surface area (Å²) in [5.41, 5.74) is 3.03. The van der Waals surface area contributed by atoms with E-state index in [0.717, 1.165) is 18.7 Å². The molecule has 2 rings (SSSR count). The molecule has 0 saturated heterocycles. The maximum absolute atomic E-state index is 11.9. The van der Waals surface area contributed by atoms with Crippen molar-refractivity contribution >= 4 is 11.6 Å². The van der Waals surface area contributed by atoms with Crippen molar-refractivity contribution in [1.29, 1.82) is 0 Å². The van der Waals surface area contributed by atoms with Crippen LogP contribution in [0.2, 0.25) is 0 Å². The van der Waals surface area contributed by atoms with E-state index in [0.29, 0.717) is 12.0 Å². The molecule has 88 valence electrons. The van der Waals surface area contributed by atoms with Gasteiger partial charge in [-0.05, 0) is 31.0 Å². The molecular weight excluding hydrogens is 212 g/mol. The van der Waals surface area contributed by atoms with Crippen molar-refractivity contribution in [3.8, 4) is 12.3 Å². The average Bonchev–Trinajstić information content (AvgIpc) is 2.75. The van der Waals surface area contributed by atoms with Crippen molar-refractivity contribution in [2.24, 2.45) is 0 Å². The number of nitrogens with one attached hydrogen (secondary N) is 2. The lowest BCUT2D eigenvalue weighted by atomic mass is 10.1. The molecule has 3 nitrogen and oxygen atoms in total. The maximum atomic E-state index is 11.9. The number of benzene rings is 1. The second-order valence-electron chi connectivity index (χ2n) is 4.33. The first-order chi connectivity index (χ1) is 8.20. The summed E-state index contributed by atoms with van der Waals surface area (Å²) in [6, 6.07) is 5.79. The summed E-state index contributed by atoms with van der Waals surface area (Å²) in [6.07, 6.45) is 6.79. The van der Waals surface area contributed by atoms with E-state index in [2.05, 4.69) is 16.6 Å². The Morgan fingerprint density at radius 1 is 1.65 bits per heavy atom. The molecule has 0 radical (unpaired) electrons. The summed E-state index contributed by atoms with van der Waals surface area (Å²) >= 11 is 0. The van der Waals surface area contributed by atoms with E-state index in [-0.39, 0.29) is 11.9 Å². The van der Waals surface area contributed by atoms with Crippen LogP contribution >= 0.6 is 0 Å². The highest BCUT2D eigenvalue weighted by molar-refractivity contribution is 5.95. The van der Waals surface area contributed by atoms with Gasteiger partial charge in [0.1, 0.15) is 0 Å². The molecule has 3 heteroatoms. The molecule has 1 unspecified atom stereocenters. The number of rotatable bonds is 3. The topological polar surface area (TPSA) is 41.1 Å². The predicted octanol–water partition coefficient (Wildman–Crippen LogP) is 1.80. The van der Waals surface area contributed by atoms with Gasteiger partial charge in [0.15, 0.2) is 0 Å². The summed E-state index contributed by atoms with van der Waals surface area (Å²) in [5, 5.41) is 6.14. The Morgan fingerprint density at radius 3 is 3.24 bits per heavy atom. The fourth-order valence-electron chi connectivity index (χ4n) is 1.97. The van der Waals surface area contributed by atoms with E-state index in [9.17, 15) is 4.79 Å². The molecule has 1 aliphatic heterocycles. The molecule has 1 atom stereocenters. The fraction of sp³-hybridized carbons (Fsp3) is 0.357. The molecule has 1 heterocycles. The third-order valence-electron chi connectivity index (χ3n) is 2.88. The van der Waals surface area contributed by atoms with E-state index < -0.39 is 0 Å². The monoisotopic (exact) mass is 228 g/mol. The molecule has 0 saturated carbocycles. The van der Waals surface area contributed by atoms with Gasteiger partial charge in [-0.15, -0.1) is 12.3 Å². The van der Waals surface area contributed by atoms with Gasteiger partial charge in [-0.2, -0.15) is 0 Å². The summed E-state index contributed by atoms with van der Waals surface area (Å²) in [4.78, 5) is 11.9. The Bertz CT molecular complexity index is 474. The van der Waals surface area contributed by atoms with Gasteiger partial charge in [-0.3, -0.25) is 4.79 Å². The highest BCUT2D eigenvalue weighted by atomic mass is 16.1. The number of carbonyl (C=O) groups excluding carboxylic acids is 1. The van der Waals surface area contributed by atoms with Gasteiger partial charge in [-0.1, -0.05) is 6.07 Å². The second-order valence-corrected chi connectivity index (χ2v) is 4.33. The third-order valence-corrected chi connectivity index (χ3v) is 2.88. The van der Waals surface area contributed by atoms with Crippen LogP contribution < -0.4 is 10.6 Å². The molecule has 1 aliphatic rings. The highest BCUT2D eigenvalue weighted by Crippen LogP contribution is 2.23. The van der Waals surface area contributed by atoms with Crippen LogP contribution in [0.5, 0.6) is 0 Å². The molecule has 0 spiro atoms. The van der Waals surface area contributed by atoms with E-state index in [1.165, 1.54) is 5.56 Å². The molecule has 2 N–H and O–H groups in total. The van der Waals surface area contributed by atoms with E-state index in [4.69, 9.17) is 6.42 Å². The van der Waals surface area contributed by atoms with Crippen LogP contribution in [-0.2, 0) is 6.42 Å². The van der Waals surface area contributed by atoms with Crippen LogP contribution in [0.4, 0.5) is 5.69 Å². The molecule has 0 bridgehead atoms. The normalized spacial score (nSPS) is 14.4. The van der Waals surface area contributed by atoms with Crippen molar-refractivity contribution in [3.63, 3.8) is 0 Å². The number of carbonyl (C=O) groups is 1. The molecule has 1 amide bonds. The molecule has 1 aromatic rings. The van der Waals surface area contributed by atoms with Gasteiger partial charge in [-0.25, -0.2) is 0 Å².